The Morgan fingerprint density at radius 1 is 1.11 bits per heavy atom. The summed E-state index contributed by atoms with van der Waals surface area (Å²) >= 11 is 0. The quantitative estimate of drug-likeness (QED) is 0.919. The van der Waals surface area contributed by atoms with E-state index in [1.165, 1.54) is 6.33 Å². The van der Waals surface area contributed by atoms with E-state index in [2.05, 4.69) is 9.97 Å². The summed E-state index contributed by atoms with van der Waals surface area (Å²) < 4.78 is 11.3. The predicted molar refractivity (Wildman–Crippen MR) is 73.9 cm³/mol. The fourth-order valence-corrected chi connectivity index (χ4v) is 1.83. The minimum Gasteiger partial charge on any atom is -0.491 e. The summed E-state index contributed by atoms with van der Waals surface area (Å²) in [4.78, 5) is 18.6. The van der Waals surface area contributed by atoms with Gasteiger partial charge in [0.15, 0.2) is 0 Å². The fraction of sp³-hybridized carbons (Fsp3) is 0.429. The molecule has 102 valence electrons. The SMILES string of the molecule is CC(C)Oc1cc(OC(C)C)c2c(=O)[nH]cnc2c1. The lowest BCUT2D eigenvalue weighted by molar-refractivity contribution is 0.231. The molecule has 0 radical (unpaired) electrons. The molecule has 1 heterocycles. The second-order valence-corrected chi connectivity index (χ2v) is 4.88. The summed E-state index contributed by atoms with van der Waals surface area (Å²) in [6.07, 6.45) is 1.40. The third kappa shape index (κ3) is 3.05. The van der Waals surface area contributed by atoms with Gasteiger partial charge in [-0.15, -0.1) is 0 Å². The standard InChI is InChI=1S/C14H18N2O3/c1-8(2)18-10-5-11-13(14(17)16-7-15-11)12(6-10)19-9(3)4/h5-9H,1-4H3,(H,15,16,17). The summed E-state index contributed by atoms with van der Waals surface area (Å²) in [6, 6.07) is 3.48. The topological polar surface area (TPSA) is 64.2 Å². The van der Waals surface area contributed by atoms with Gasteiger partial charge in [0.25, 0.3) is 5.56 Å². The zero-order valence-electron chi connectivity index (χ0n) is 11.6. The largest absolute Gasteiger partial charge is 0.491 e. The number of ether oxygens (including phenoxy) is 2. The summed E-state index contributed by atoms with van der Waals surface area (Å²) in [5.74, 6) is 1.15. The number of hydrogen-bond acceptors (Lipinski definition) is 4. The highest BCUT2D eigenvalue weighted by molar-refractivity contribution is 5.85. The summed E-state index contributed by atoms with van der Waals surface area (Å²) in [6.45, 7) is 7.70. The van der Waals surface area contributed by atoms with Crippen molar-refractivity contribution < 1.29 is 9.47 Å². The zero-order chi connectivity index (χ0) is 14.0. The van der Waals surface area contributed by atoms with Crippen LogP contribution in [0.4, 0.5) is 0 Å². The lowest BCUT2D eigenvalue weighted by Gasteiger charge is -2.15. The second kappa shape index (κ2) is 5.30. The average molecular weight is 262 g/mol. The average Bonchev–Trinajstić information content (AvgIpc) is 2.26. The van der Waals surface area contributed by atoms with Crippen molar-refractivity contribution in [1.82, 2.24) is 9.97 Å². The van der Waals surface area contributed by atoms with E-state index in [0.29, 0.717) is 22.4 Å². The molecule has 0 aliphatic carbocycles. The molecule has 1 aromatic heterocycles. The molecule has 2 aromatic rings. The first-order valence-corrected chi connectivity index (χ1v) is 6.32. The van der Waals surface area contributed by atoms with Crippen LogP contribution in [0.5, 0.6) is 11.5 Å². The Hall–Kier alpha value is -2.04. The maximum Gasteiger partial charge on any atom is 0.262 e. The molecule has 5 nitrogen and oxygen atoms in total. The van der Waals surface area contributed by atoms with Crippen LogP contribution in [0.3, 0.4) is 0 Å². The van der Waals surface area contributed by atoms with Crippen LogP contribution in [0.25, 0.3) is 10.9 Å². The van der Waals surface area contributed by atoms with Gasteiger partial charge in [0.2, 0.25) is 0 Å². The van der Waals surface area contributed by atoms with Gasteiger partial charge in [0.1, 0.15) is 16.9 Å². The van der Waals surface area contributed by atoms with Crippen LogP contribution in [0.2, 0.25) is 0 Å². The van der Waals surface area contributed by atoms with E-state index in [-0.39, 0.29) is 17.8 Å². The number of aromatic amines is 1. The molecule has 1 aromatic carbocycles. The fourth-order valence-electron chi connectivity index (χ4n) is 1.83. The summed E-state index contributed by atoms with van der Waals surface area (Å²) in [5.41, 5.74) is 0.356. The molecule has 0 saturated heterocycles. The number of benzene rings is 1. The zero-order valence-corrected chi connectivity index (χ0v) is 11.6. The van der Waals surface area contributed by atoms with Crippen LogP contribution in [0, 0.1) is 0 Å². The predicted octanol–water partition coefficient (Wildman–Crippen LogP) is 2.50. The molecule has 0 atom stereocenters. The molecular formula is C14H18N2O3. The van der Waals surface area contributed by atoms with Gasteiger partial charge in [-0.3, -0.25) is 4.79 Å². The third-order valence-electron chi connectivity index (χ3n) is 2.42. The van der Waals surface area contributed by atoms with Crippen LogP contribution in [0.1, 0.15) is 27.7 Å². The smallest absolute Gasteiger partial charge is 0.262 e. The number of fused-ring (bicyclic) bond motifs is 1. The van der Waals surface area contributed by atoms with Crippen molar-refractivity contribution in [2.24, 2.45) is 0 Å². The van der Waals surface area contributed by atoms with Gasteiger partial charge in [0, 0.05) is 12.1 Å². The maximum absolute atomic E-state index is 11.9. The first-order valence-electron chi connectivity index (χ1n) is 6.32. The first kappa shape index (κ1) is 13.4. The van der Waals surface area contributed by atoms with Crippen molar-refractivity contribution in [2.45, 2.75) is 39.9 Å². The van der Waals surface area contributed by atoms with Crippen LogP contribution in [0.15, 0.2) is 23.3 Å². The van der Waals surface area contributed by atoms with Crippen LogP contribution >= 0.6 is 0 Å². The molecule has 1 N–H and O–H groups in total. The molecule has 0 aliphatic heterocycles. The van der Waals surface area contributed by atoms with Crippen LogP contribution < -0.4 is 15.0 Å². The molecule has 0 aliphatic rings. The molecule has 0 bridgehead atoms. The Morgan fingerprint density at radius 2 is 1.79 bits per heavy atom. The third-order valence-corrected chi connectivity index (χ3v) is 2.42. The number of hydrogen-bond donors (Lipinski definition) is 1. The number of nitrogens with one attached hydrogen (secondary N) is 1. The molecule has 0 amide bonds. The maximum atomic E-state index is 11.9. The Balaban J connectivity index is 2.62. The minimum absolute atomic E-state index is 0.0305. The van der Waals surface area contributed by atoms with Crippen LogP contribution in [-0.4, -0.2) is 22.2 Å². The first-order chi connectivity index (χ1) is 8.97. The number of rotatable bonds is 4. The van der Waals surface area contributed by atoms with Crippen LogP contribution in [-0.2, 0) is 0 Å². The van der Waals surface area contributed by atoms with E-state index >= 15 is 0 Å². The van der Waals surface area contributed by atoms with E-state index in [4.69, 9.17) is 9.47 Å². The molecular weight excluding hydrogens is 244 g/mol. The highest BCUT2D eigenvalue weighted by Gasteiger charge is 2.12. The highest BCUT2D eigenvalue weighted by atomic mass is 16.5. The monoisotopic (exact) mass is 262 g/mol. The van der Waals surface area contributed by atoms with Gasteiger partial charge in [-0.2, -0.15) is 0 Å². The molecule has 19 heavy (non-hydrogen) atoms. The minimum atomic E-state index is -0.211. The Labute approximate surface area is 111 Å². The lowest BCUT2D eigenvalue weighted by Crippen LogP contribution is -2.13. The van der Waals surface area contributed by atoms with Gasteiger partial charge in [0.05, 0.1) is 24.1 Å². The van der Waals surface area contributed by atoms with E-state index in [1.807, 2.05) is 27.7 Å². The molecule has 2 rings (SSSR count). The van der Waals surface area contributed by atoms with Crippen molar-refractivity contribution in [3.05, 3.63) is 28.8 Å². The van der Waals surface area contributed by atoms with Gasteiger partial charge in [-0.05, 0) is 27.7 Å². The number of aromatic nitrogens is 2. The Kier molecular flexibility index (Phi) is 3.74. The van der Waals surface area contributed by atoms with Gasteiger partial charge in [-0.1, -0.05) is 0 Å². The van der Waals surface area contributed by atoms with E-state index < -0.39 is 0 Å². The molecule has 5 heteroatoms. The van der Waals surface area contributed by atoms with E-state index in [1.54, 1.807) is 12.1 Å². The van der Waals surface area contributed by atoms with Gasteiger partial charge in [-0.25, -0.2) is 4.98 Å². The van der Waals surface area contributed by atoms with Crippen molar-refractivity contribution in [3.8, 4) is 11.5 Å². The molecule has 0 saturated carbocycles. The van der Waals surface area contributed by atoms with Gasteiger partial charge < -0.3 is 14.5 Å². The van der Waals surface area contributed by atoms with E-state index in [0.717, 1.165) is 0 Å². The summed E-state index contributed by atoms with van der Waals surface area (Å²) in [5, 5.41) is 0.451. The Bertz CT molecular complexity index is 632. The lowest BCUT2D eigenvalue weighted by atomic mass is 10.2. The highest BCUT2D eigenvalue weighted by Crippen LogP contribution is 2.29. The molecule has 0 unspecified atom stereocenters. The van der Waals surface area contributed by atoms with Gasteiger partial charge >= 0.3 is 0 Å². The van der Waals surface area contributed by atoms with Crippen molar-refractivity contribution >= 4 is 10.9 Å². The Morgan fingerprint density at radius 3 is 2.42 bits per heavy atom. The van der Waals surface area contributed by atoms with Crippen molar-refractivity contribution in [1.29, 1.82) is 0 Å². The summed E-state index contributed by atoms with van der Waals surface area (Å²) in [7, 11) is 0. The number of nitrogens with zero attached hydrogens (tertiary/aromatic N) is 1. The van der Waals surface area contributed by atoms with Crippen molar-refractivity contribution in [2.75, 3.05) is 0 Å². The second-order valence-electron chi connectivity index (χ2n) is 4.88. The molecule has 0 spiro atoms. The van der Waals surface area contributed by atoms with Crippen molar-refractivity contribution in [3.63, 3.8) is 0 Å². The number of H-pyrrole nitrogens is 1. The van der Waals surface area contributed by atoms with E-state index in [9.17, 15) is 4.79 Å². The normalized spacial score (nSPS) is 11.3. The molecule has 0 fully saturated rings.